The molecule has 1 aliphatic rings. The highest BCUT2D eigenvalue weighted by molar-refractivity contribution is 8.13. The van der Waals surface area contributed by atoms with Gasteiger partial charge in [-0.15, -0.1) is 23.4 Å². The van der Waals surface area contributed by atoms with Crippen molar-refractivity contribution in [2.24, 2.45) is 5.16 Å². The summed E-state index contributed by atoms with van der Waals surface area (Å²) in [5.74, 6) is 1.93. The van der Waals surface area contributed by atoms with Gasteiger partial charge in [-0.25, -0.2) is 0 Å². The Bertz CT molecular complexity index is 510. The van der Waals surface area contributed by atoms with E-state index in [1.54, 1.807) is 11.8 Å². The second-order valence-electron chi connectivity index (χ2n) is 4.79. The number of alkyl halides is 1. The lowest BCUT2D eigenvalue weighted by atomic mass is 10.1. The van der Waals surface area contributed by atoms with Crippen LogP contribution in [-0.2, 0) is 10.6 Å². The van der Waals surface area contributed by atoms with Crippen LogP contribution in [0, 0.1) is 0 Å². The van der Waals surface area contributed by atoms with E-state index in [1.807, 2.05) is 32.0 Å². The molecule has 0 aliphatic carbocycles. The van der Waals surface area contributed by atoms with Crippen LogP contribution in [0.25, 0.3) is 0 Å². The molecule has 0 spiro atoms. The van der Waals surface area contributed by atoms with Gasteiger partial charge in [-0.2, -0.15) is 0 Å². The summed E-state index contributed by atoms with van der Waals surface area (Å²) in [5.41, 5.74) is 0.688. The largest absolute Gasteiger partial charge is 0.492 e. The molecule has 0 radical (unpaired) electrons. The molecular formula is C14H17Cl2NO2S. The van der Waals surface area contributed by atoms with E-state index < -0.39 is 0 Å². The zero-order valence-electron chi connectivity index (χ0n) is 11.5. The number of hydrogen-bond donors (Lipinski definition) is 0. The van der Waals surface area contributed by atoms with E-state index in [2.05, 4.69) is 5.16 Å². The summed E-state index contributed by atoms with van der Waals surface area (Å²) in [6, 6.07) is 5.78. The Morgan fingerprint density at radius 3 is 2.95 bits per heavy atom. The number of thioether (sulfide) groups is 1. The topological polar surface area (TPSA) is 30.8 Å². The maximum atomic E-state index is 6.16. The fourth-order valence-corrected chi connectivity index (χ4v) is 3.27. The number of rotatable bonds is 5. The van der Waals surface area contributed by atoms with Crippen molar-refractivity contribution >= 4 is 40.0 Å². The number of oxime groups is 1. The van der Waals surface area contributed by atoms with E-state index >= 15 is 0 Å². The lowest BCUT2D eigenvalue weighted by Crippen LogP contribution is -2.26. The van der Waals surface area contributed by atoms with Crippen LogP contribution in [0.2, 0.25) is 5.02 Å². The number of benzene rings is 1. The molecule has 0 bridgehead atoms. The first kappa shape index (κ1) is 15.8. The molecule has 1 unspecified atom stereocenters. The third-order valence-corrected chi connectivity index (χ3v) is 4.78. The number of halogens is 2. The van der Waals surface area contributed by atoms with Crippen molar-refractivity contribution in [1.29, 1.82) is 0 Å². The fourth-order valence-electron chi connectivity index (χ4n) is 1.83. The number of ether oxygens (including phenoxy) is 1. The lowest BCUT2D eigenvalue weighted by molar-refractivity contribution is 0.0152. The summed E-state index contributed by atoms with van der Waals surface area (Å²) >= 11 is 13.7. The minimum Gasteiger partial charge on any atom is -0.492 e. The smallest absolute Gasteiger partial charge is 0.154 e. The SMILES string of the molecule is CCOc1c(Cl)cccc1CSC1=NOC(C)(CCl)C1. The van der Waals surface area contributed by atoms with E-state index in [-0.39, 0.29) is 5.60 Å². The maximum absolute atomic E-state index is 6.16. The molecule has 1 atom stereocenters. The quantitative estimate of drug-likeness (QED) is 0.731. The first-order valence-corrected chi connectivity index (χ1v) is 8.32. The molecule has 6 heteroatoms. The van der Waals surface area contributed by atoms with Gasteiger partial charge in [0.25, 0.3) is 0 Å². The summed E-state index contributed by atoms with van der Waals surface area (Å²) in [4.78, 5) is 5.37. The highest BCUT2D eigenvalue weighted by atomic mass is 35.5. The zero-order valence-corrected chi connectivity index (χ0v) is 13.8. The van der Waals surface area contributed by atoms with Crippen molar-refractivity contribution in [3.63, 3.8) is 0 Å². The predicted molar refractivity (Wildman–Crippen MR) is 86.2 cm³/mol. The van der Waals surface area contributed by atoms with E-state index in [9.17, 15) is 0 Å². The van der Waals surface area contributed by atoms with Gasteiger partial charge in [0, 0.05) is 17.7 Å². The van der Waals surface area contributed by atoms with Crippen molar-refractivity contribution in [2.75, 3.05) is 12.5 Å². The van der Waals surface area contributed by atoms with Crippen molar-refractivity contribution < 1.29 is 9.57 Å². The van der Waals surface area contributed by atoms with Gasteiger partial charge in [-0.1, -0.05) is 28.9 Å². The zero-order chi connectivity index (χ0) is 14.6. The van der Waals surface area contributed by atoms with Crippen molar-refractivity contribution in [3.05, 3.63) is 28.8 Å². The minimum atomic E-state index is -0.374. The van der Waals surface area contributed by atoms with Gasteiger partial charge in [0.2, 0.25) is 0 Å². The molecule has 1 aliphatic heterocycles. The fraction of sp³-hybridized carbons (Fsp3) is 0.500. The molecule has 1 aromatic carbocycles. The van der Waals surface area contributed by atoms with Gasteiger partial charge in [-0.3, -0.25) is 0 Å². The van der Waals surface area contributed by atoms with Gasteiger partial charge in [0.1, 0.15) is 10.8 Å². The molecule has 1 aromatic rings. The third kappa shape index (κ3) is 3.74. The molecule has 20 heavy (non-hydrogen) atoms. The van der Waals surface area contributed by atoms with Crippen LogP contribution in [0.3, 0.4) is 0 Å². The molecule has 0 N–H and O–H groups in total. The Hall–Kier alpha value is -0.580. The molecule has 2 rings (SSSR count). The molecule has 0 amide bonds. The second-order valence-corrected chi connectivity index (χ2v) is 6.51. The predicted octanol–water partition coefficient (Wildman–Crippen LogP) is 4.70. The average molecular weight is 334 g/mol. The van der Waals surface area contributed by atoms with Crippen LogP contribution in [0.4, 0.5) is 0 Å². The molecule has 110 valence electrons. The Morgan fingerprint density at radius 2 is 2.30 bits per heavy atom. The van der Waals surface area contributed by atoms with E-state index in [0.717, 1.165) is 28.5 Å². The first-order chi connectivity index (χ1) is 9.58. The molecule has 0 saturated carbocycles. The van der Waals surface area contributed by atoms with E-state index in [4.69, 9.17) is 32.8 Å². The minimum absolute atomic E-state index is 0.374. The summed E-state index contributed by atoms with van der Waals surface area (Å²) in [7, 11) is 0. The standard InChI is InChI=1S/C14H17Cl2NO2S/c1-3-18-13-10(5-4-6-11(13)16)8-20-12-7-14(2,9-15)19-17-12/h4-6H,3,7-9H2,1-2H3. The number of para-hydroxylation sites is 1. The van der Waals surface area contributed by atoms with Crippen molar-refractivity contribution in [1.82, 2.24) is 0 Å². The van der Waals surface area contributed by atoms with Gasteiger partial charge in [-0.05, 0) is 19.9 Å². The van der Waals surface area contributed by atoms with Crippen LogP contribution in [0.5, 0.6) is 5.75 Å². The normalized spacial score (nSPS) is 21.5. The van der Waals surface area contributed by atoms with Gasteiger partial charge >= 0.3 is 0 Å². The van der Waals surface area contributed by atoms with Crippen molar-refractivity contribution in [3.8, 4) is 5.75 Å². The average Bonchev–Trinajstić information content (AvgIpc) is 2.82. The Labute approximate surface area is 133 Å². The van der Waals surface area contributed by atoms with Gasteiger partial charge in [0.05, 0.1) is 17.5 Å². The molecule has 0 aromatic heterocycles. The molecule has 0 fully saturated rings. The van der Waals surface area contributed by atoms with Gasteiger partial charge in [0.15, 0.2) is 5.60 Å². The summed E-state index contributed by atoms with van der Waals surface area (Å²) in [6.45, 7) is 4.50. The molecule has 3 nitrogen and oxygen atoms in total. The van der Waals surface area contributed by atoms with Crippen molar-refractivity contribution in [2.45, 2.75) is 31.6 Å². The summed E-state index contributed by atoms with van der Waals surface area (Å²) < 4.78 is 5.61. The maximum Gasteiger partial charge on any atom is 0.154 e. The van der Waals surface area contributed by atoms with E-state index in [0.29, 0.717) is 17.5 Å². The number of hydrogen-bond acceptors (Lipinski definition) is 4. The van der Waals surface area contributed by atoms with Crippen LogP contribution < -0.4 is 4.74 Å². The van der Waals surface area contributed by atoms with Crippen LogP contribution in [-0.4, -0.2) is 23.1 Å². The monoisotopic (exact) mass is 333 g/mol. The number of nitrogens with zero attached hydrogens (tertiary/aromatic N) is 1. The van der Waals surface area contributed by atoms with E-state index in [1.165, 1.54) is 0 Å². The van der Waals surface area contributed by atoms with Crippen LogP contribution >= 0.6 is 35.0 Å². The highest BCUT2D eigenvalue weighted by Crippen LogP contribution is 2.35. The molecule has 1 heterocycles. The Kier molecular flexibility index (Phi) is 5.47. The summed E-state index contributed by atoms with van der Waals surface area (Å²) in [6.07, 6.45) is 0.742. The third-order valence-electron chi connectivity index (χ3n) is 2.91. The molecule has 0 saturated heterocycles. The first-order valence-electron chi connectivity index (χ1n) is 6.42. The Balaban J connectivity index is 2.00. The Morgan fingerprint density at radius 1 is 1.50 bits per heavy atom. The second kappa shape index (κ2) is 6.92. The van der Waals surface area contributed by atoms with Crippen LogP contribution in [0.1, 0.15) is 25.8 Å². The van der Waals surface area contributed by atoms with Gasteiger partial charge < -0.3 is 9.57 Å². The summed E-state index contributed by atoms with van der Waals surface area (Å²) in [5, 5.41) is 5.69. The van der Waals surface area contributed by atoms with Crippen LogP contribution in [0.15, 0.2) is 23.4 Å². The molecular weight excluding hydrogens is 317 g/mol. The highest BCUT2D eigenvalue weighted by Gasteiger charge is 2.33. The lowest BCUT2D eigenvalue weighted by Gasteiger charge is -2.16.